The van der Waals surface area contributed by atoms with Crippen molar-refractivity contribution in [2.75, 3.05) is 5.32 Å². The normalized spacial score (nSPS) is 10.8. The lowest BCUT2D eigenvalue weighted by molar-refractivity contribution is 0.0378. The summed E-state index contributed by atoms with van der Waals surface area (Å²) in [5, 5.41) is 3.59. The summed E-state index contributed by atoms with van der Waals surface area (Å²) in [6.07, 6.45) is -0.209. The molecule has 1 amide bonds. The molecule has 0 radical (unpaired) electrons. The molecule has 4 aromatic rings. The van der Waals surface area contributed by atoms with Crippen molar-refractivity contribution < 1.29 is 18.7 Å². The summed E-state index contributed by atoms with van der Waals surface area (Å²) in [5.41, 5.74) is 2.34. The van der Waals surface area contributed by atoms with E-state index in [2.05, 4.69) is 5.32 Å². The molecule has 0 bridgehead atoms. The third-order valence-corrected chi connectivity index (χ3v) is 4.80. The molecule has 0 saturated carbocycles. The predicted octanol–water partition coefficient (Wildman–Crippen LogP) is 5.28. The molecule has 0 atom stereocenters. The van der Waals surface area contributed by atoms with E-state index in [4.69, 9.17) is 9.15 Å². The Labute approximate surface area is 184 Å². The average Bonchev–Trinajstić information content (AvgIpc) is 2.78. The Morgan fingerprint density at radius 3 is 2.38 bits per heavy atom. The van der Waals surface area contributed by atoms with Crippen molar-refractivity contribution in [1.82, 2.24) is 0 Å². The number of anilines is 1. The first-order chi connectivity index (χ1) is 15.4. The maximum atomic E-state index is 12.8. The van der Waals surface area contributed by atoms with Gasteiger partial charge in [-0.05, 0) is 67.9 Å². The molecule has 6 heteroatoms. The molecule has 0 aliphatic carbocycles. The number of esters is 1. The molecule has 4 rings (SSSR count). The molecule has 0 saturated heterocycles. The number of fused-ring (bicyclic) bond motifs is 1. The summed E-state index contributed by atoms with van der Waals surface area (Å²) in [6, 6.07) is 22.3. The van der Waals surface area contributed by atoms with Crippen LogP contribution in [0.4, 0.5) is 5.69 Å². The van der Waals surface area contributed by atoms with Gasteiger partial charge in [0.15, 0.2) is 0 Å². The zero-order chi connectivity index (χ0) is 22.7. The third-order valence-electron chi connectivity index (χ3n) is 4.80. The summed E-state index contributed by atoms with van der Waals surface area (Å²) in [5.74, 6) is -0.755. The van der Waals surface area contributed by atoms with Crippen LogP contribution in [0.1, 0.15) is 34.6 Å². The number of ether oxygens (including phenoxy) is 1. The van der Waals surface area contributed by atoms with Gasteiger partial charge in [0.2, 0.25) is 0 Å². The van der Waals surface area contributed by atoms with Crippen LogP contribution in [0.5, 0.6) is 0 Å². The van der Waals surface area contributed by atoms with E-state index in [0.29, 0.717) is 33.5 Å². The van der Waals surface area contributed by atoms with Crippen LogP contribution >= 0.6 is 0 Å². The number of hydrogen-bond donors (Lipinski definition) is 1. The van der Waals surface area contributed by atoms with Gasteiger partial charge in [0, 0.05) is 16.6 Å². The Hall–Kier alpha value is -4.19. The largest absolute Gasteiger partial charge is 0.459 e. The Morgan fingerprint density at radius 1 is 0.875 bits per heavy atom. The lowest BCUT2D eigenvalue weighted by Gasteiger charge is -2.10. The first-order valence-electron chi connectivity index (χ1n) is 10.2. The minimum atomic E-state index is -0.467. The average molecular weight is 427 g/mol. The van der Waals surface area contributed by atoms with Crippen molar-refractivity contribution in [2.24, 2.45) is 0 Å². The van der Waals surface area contributed by atoms with Gasteiger partial charge in [-0.3, -0.25) is 4.79 Å². The maximum absolute atomic E-state index is 12.8. The summed E-state index contributed by atoms with van der Waals surface area (Å²) >= 11 is 0. The van der Waals surface area contributed by atoms with Gasteiger partial charge in [0.25, 0.3) is 5.91 Å². The van der Waals surface area contributed by atoms with Crippen LogP contribution in [0.25, 0.3) is 22.1 Å². The Bertz CT molecular complexity index is 1350. The molecular formula is C26H21NO5. The van der Waals surface area contributed by atoms with Gasteiger partial charge >= 0.3 is 11.6 Å². The number of nitrogens with one attached hydrogen (secondary N) is 1. The molecule has 3 aromatic carbocycles. The fourth-order valence-corrected chi connectivity index (χ4v) is 3.27. The molecule has 160 valence electrons. The standard InChI is InChI=1S/C26H21NO5/c1-16(2)31-25(29)17-10-12-21(13-11-17)27-24(28)20-8-5-7-18(14-20)22-15-19-6-3-4-9-23(19)32-26(22)30/h3-16H,1-2H3,(H,27,28). The Balaban J connectivity index is 1.55. The fourth-order valence-electron chi connectivity index (χ4n) is 3.27. The highest BCUT2D eigenvalue weighted by atomic mass is 16.5. The molecule has 6 nitrogen and oxygen atoms in total. The van der Waals surface area contributed by atoms with Crippen molar-refractivity contribution >= 4 is 28.5 Å². The van der Waals surface area contributed by atoms with E-state index in [1.807, 2.05) is 12.1 Å². The molecule has 1 heterocycles. The quantitative estimate of drug-likeness (QED) is 0.346. The van der Waals surface area contributed by atoms with Crippen LogP contribution < -0.4 is 10.9 Å². The number of para-hydroxylation sites is 1. The minimum absolute atomic E-state index is 0.209. The fraction of sp³-hybridized carbons (Fsp3) is 0.115. The van der Waals surface area contributed by atoms with Crippen LogP contribution in [-0.2, 0) is 4.74 Å². The highest BCUT2D eigenvalue weighted by molar-refractivity contribution is 6.05. The number of carbonyl (C=O) groups excluding carboxylic acids is 2. The lowest BCUT2D eigenvalue weighted by Crippen LogP contribution is -2.13. The third kappa shape index (κ3) is 4.59. The number of carbonyl (C=O) groups is 2. The molecule has 0 spiro atoms. The van der Waals surface area contributed by atoms with Crippen LogP contribution in [0, 0.1) is 0 Å². The number of hydrogen-bond acceptors (Lipinski definition) is 5. The second-order valence-electron chi connectivity index (χ2n) is 7.55. The van der Waals surface area contributed by atoms with E-state index in [0.717, 1.165) is 5.39 Å². The van der Waals surface area contributed by atoms with Crippen molar-refractivity contribution in [3.05, 3.63) is 100 Å². The number of rotatable bonds is 5. The summed E-state index contributed by atoms with van der Waals surface area (Å²) < 4.78 is 10.6. The number of amides is 1. The van der Waals surface area contributed by atoms with E-state index in [-0.39, 0.29) is 12.0 Å². The minimum Gasteiger partial charge on any atom is -0.459 e. The van der Waals surface area contributed by atoms with Crippen LogP contribution in [0.3, 0.4) is 0 Å². The lowest BCUT2D eigenvalue weighted by atomic mass is 10.0. The van der Waals surface area contributed by atoms with E-state index < -0.39 is 11.6 Å². The van der Waals surface area contributed by atoms with Crippen molar-refractivity contribution in [2.45, 2.75) is 20.0 Å². The van der Waals surface area contributed by atoms with Gasteiger partial charge in [-0.2, -0.15) is 0 Å². The van der Waals surface area contributed by atoms with E-state index in [1.54, 1.807) is 80.6 Å². The summed E-state index contributed by atoms with van der Waals surface area (Å²) in [4.78, 5) is 37.2. The van der Waals surface area contributed by atoms with E-state index in [1.165, 1.54) is 0 Å². The second kappa shape index (κ2) is 8.89. The van der Waals surface area contributed by atoms with Crippen molar-refractivity contribution in [3.63, 3.8) is 0 Å². The van der Waals surface area contributed by atoms with Gasteiger partial charge < -0.3 is 14.5 Å². The van der Waals surface area contributed by atoms with Crippen LogP contribution in [0.2, 0.25) is 0 Å². The van der Waals surface area contributed by atoms with Crippen LogP contribution in [-0.4, -0.2) is 18.0 Å². The Kier molecular flexibility index (Phi) is 5.85. The molecule has 0 aliphatic heterocycles. The van der Waals surface area contributed by atoms with E-state index in [9.17, 15) is 14.4 Å². The van der Waals surface area contributed by atoms with Gasteiger partial charge in [0.1, 0.15) is 5.58 Å². The second-order valence-corrected chi connectivity index (χ2v) is 7.55. The zero-order valence-electron chi connectivity index (χ0n) is 17.6. The first-order valence-corrected chi connectivity index (χ1v) is 10.2. The van der Waals surface area contributed by atoms with Crippen molar-refractivity contribution in [3.8, 4) is 11.1 Å². The maximum Gasteiger partial charge on any atom is 0.344 e. The monoisotopic (exact) mass is 427 g/mol. The topological polar surface area (TPSA) is 85.6 Å². The predicted molar refractivity (Wildman–Crippen MR) is 123 cm³/mol. The highest BCUT2D eigenvalue weighted by Crippen LogP contribution is 2.22. The molecule has 1 N–H and O–H groups in total. The number of benzene rings is 3. The van der Waals surface area contributed by atoms with Gasteiger partial charge in [-0.1, -0.05) is 30.3 Å². The van der Waals surface area contributed by atoms with Gasteiger partial charge in [0.05, 0.1) is 17.2 Å². The molecule has 0 fully saturated rings. The molecule has 32 heavy (non-hydrogen) atoms. The van der Waals surface area contributed by atoms with Gasteiger partial charge in [-0.25, -0.2) is 9.59 Å². The SMILES string of the molecule is CC(C)OC(=O)c1ccc(NC(=O)c2cccc(-c3cc4ccccc4oc3=O)c2)cc1. The highest BCUT2D eigenvalue weighted by Gasteiger charge is 2.13. The molecule has 0 aliphatic rings. The molecule has 1 aromatic heterocycles. The molecule has 0 unspecified atom stereocenters. The van der Waals surface area contributed by atoms with Crippen molar-refractivity contribution in [1.29, 1.82) is 0 Å². The van der Waals surface area contributed by atoms with Crippen LogP contribution in [0.15, 0.2) is 88.1 Å². The molecular weight excluding hydrogens is 406 g/mol. The van der Waals surface area contributed by atoms with Gasteiger partial charge in [-0.15, -0.1) is 0 Å². The summed E-state index contributed by atoms with van der Waals surface area (Å²) in [6.45, 7) is 3.56. The summed E-state index contributed by atoms with van der Waals surface area (Å²) in [7, 11) is 0. The zero-order valence-corrected chi connectivity index (χ0v) is 17.6. The van der Waals surface area contributed by atoms with E-state index >= 15 is 0 Å². The first kappa shape index (κ1) is 21.1. The Morgan fingerprint density at radius 2 is 1.62 bits per heavy atom. The smallest absolute Gasteiger partial charge is 0.344 e.